The number of thiophene rings is 1. The molecule has 2 aromatic heterocycles. The van der Waals surface area contributed by atoms with Crippen molar-refractivity contribution in [1.29, 1.82) is 0 Å². The number of hydrogen-bond donors (Lipinski definition) is 1. The van der Waals surface area contributed by atoms with Gasteiger partial charge in [-0.25, -0.2) is 10.4 Å². The molecule has 1 aliphatic rings. The number of nitrogens with zero attached hydrogens (tertiary/aromatic N) is 2. The average molecular weight is 333 g/mol. The summed E-state index contributed by atoms with van der Waals surface area (Å²) in [4.78, 5) is 18.6. The topological polar surface area (TPSA) is 54.4 Å². The largest absolute Gasteiger partial charge is 0.281 e. The molecule has 0 aliphatic heterocycles. The number of amides is 1. The van der Waals surface area contributed by atoms with Gasteiger partial charge in [0.05, 0.1) is 21.8 Å². The Morgan fingerprint density at radius 1 is 1.59 bits per heavy atom. The number of aryl methyl sites for hydroxylation is 2. The molecular weight excluding hydrogens is 314 g/mol. The van der Waals surface area contributed by atoms with Crippen LogP contribution >= 0.6 is 22.7 Å². The molecule has 22 heavy (non-hydrogen) atoms. The Balaban J connectivity index is 1.63. The van der Waals surface area contributed by atoms with E-state index >= 15 is 0 Å². The van der Waals surface area contributed by atoms with Crippen LogP contribution in [0.15, 0.2) is 16.5 Å². The van der Waals surface area contributed by atoms with Gasteiger partial charge < -0.3 is 0 Å². The number of rotatable bonds is 4. The summed E-state index contributed by atoms with van der Waals surface area (Å²) in [6.45, 7) is 4.19. The molecule has 0 unspecified atom stereocenters. The maximum Gasteiger partial charge on any atom is 0.281 e. The first kappa shape index (κ1) is 15.4. The molecule has 3 rings (SSSR count). The van der Waals surface area contributed by atoms with E-state index in [2.05, 4.69) is 22.4 Å². The van der Waals surface area contributed by atoms with Crippen molar-refractivity contribution in [2.45, 2.75) is 39.5 Å². The Hall–Kier alpha value is -1.53. The Labute approximate surface area is 138 Å². The highest BCUT2D eigenvalue weighted by molar-refractivity contribution is 7.14. The fourth-order valence-corrected chi connectivity index (χ4v) is 4.37. The number of carbonyl (C=O) groups excluding carboxylic acids is 1. The molecule has 2 heterocycles. The number of carbonyl (C=O) groups is 1. The molecule has 1 amide bonds. The summed E-state index contributed by atoms with van der Waals surface area (Å²) in [5.41, 5.74) is 4.73. The second-order valence-corrected chi connectivity index (χ2v) is 7.77. The standard InChI is InChI=1S/C16H19N3OS2/c1-3-11-4-5-14-12(6-11)7-15(22-14)16(20)19-17-8-13-9-21-10(2)18-13/h7-9,11H,3-6H2,1-2H3,(H,19,20)/b17-8-/t11-/m1/s1. The van der Waals surface area contributed by atoms with Gasteiger partial charge in [-0.15, -0.1) is 22.7 Å². The van der Waals surface area contributed by atoms with Crippen molar-refractivity contribution < 1.29 is 4.79 Å². The molecule has 0 bridgehead atoms. The predicted molar refractivity (Wildman–Crippen MR) is 92.0 cm³/mol. The predicted octanol–water partition coefficient (Wildman–Crippen LogP) is 3.79. The van der Waals surface area contributed by atoms with Gasteiger partial charge in [0.1, 0.15) is 0 Å². The Kier molecular flexibility index (Phi) is 4.69. The molecular formula is C16H19N3OS2. The molecule has 0 saturated heterocycles. The van der Waals surface area contributed by atoms with Crippen LogP contribution in [0.5, 0.6) is 0 Å². The molecule has 1 aliphatic carbocycles. The minimum absolute atomic E-state index is 0.129. The molecule has 116 valence electrons. The zero-order valence-corrected chi connectivity index (χ0v) is 14.4. The molecule has 0 spiro atoms. The summed E-state index contributed by atoms with van der Waals surface area (Å²) in [7, 11) is 0. The van der Waals surface area contributed by atoms with Gasteiger partial charge in [-0.3, -0.25) is 4.79 Å². The highest BCUT2D eigenvalue weighted by Gasteiger charge is 2.21. The first-order valence-electron chi connectivity index (χ1n) is 7.52. The van der Waals surface area contributed by atoms with Crippen LogP contribution in [-0.2, 0) is 12.8 Å². The van der Waals surface area contributed by atoms with E-state index in [1.165, 1.54) is 23.3 Å². The van der Waals surface area contributed by atoms with Crippen LogP contribution in [0.4, 0.5) is 0 Å². The summed E-state index contributed by atoms with van der Waals surface area (Å²) >= 11 is 3.17. The van der Waals surface area contributed by atoms with Crippen molar-refractivity contribution in [1.82, 2.24) is 10.4 Å². The van der Waals surface area contributed by atoms with Gasteiger partial charge in [0.15, 0.2) is 0 Å². The first-order valence-corrected chi connectivity index (χ1v) is 9.22. The molecule has 0 aromatic carbocycles. The quantitative estimate of drug-likeness (QED) is 0.683. The summed E-state index contributed by atoms with van der Waals surface area (Å²) in [5, 5.41) is 6.90. The average Bonchev–Trinajstić information content (AvgIpc) is 3.12. The van der Waals surface area contributed by atoms with Crippen LogP contribution in [0, 0.1) is 12.8 Å². The number of hydrogen-bond acceptors (Lipinski definition) is 5. The number of hydrazone groups is 1. The van der Waals surface area contributed by atoms with Gasteiger partial charge in [-0.2, -0.15) is 5.10 Å². The minimum atomic E-state index is -0.129. The first-order chi connectivity index (χ1) is 10.7. The fraction of sp³-hybridized carbons (Fsp3) is 0.438. The lowest BCUT2D eigenvalue weighted by Crippen LogP contribution is -2.16. The Morgan fingerprint density at radius 3 is 3.18 bits per heavy atom. The van der Waals surface area contributed by atoms with Crippen LogP contribution in [0.25, 0.3) is 0 Å². The van der Waals surface area contributed by atoms with Crippen LogP contribution < -0.4 is 5.43 Å². The number of aromatic nitrogens is 1. The highest BCUT2D eigenvalue weighted by Crippen LogP contribution is 2.33. The third-order valence-corrected chi connectivity index (χ3v) is 6.01. The summed E-state index contributed by atoms with van der Waals surface area (Å²) in [5.74, 6) is 0.639. The zero-order valence-electron chi connectivity index (χ0n) is 12.8. The molecule has 6 heteroatoms. The molecule has 2 aromatic rings. The maximum absolute atomic E-state index is 12.2. The van der Waals surface area contributed by atoms with E-state index in [0.717, 1.165) is 34.3 Å². The van der Waals surface area contributed by atoms with E-state index in [0.29, 0.717) is 0 Å². The van der Waals surface area contributed by atoms with Crippen molar-refractivity contribution in [2.24, 2.45) is 11.0 Å². The normalized spacial score (nSPS) is 17.6. The second kappa shape index (κ2) is 6.71. The Bertz CT molecular complexity index is 702. The smallest absolute Gasteiger partial charge is 0.266 e. The van der Waals surface area contributed by atoms with Crippen LogP contribution in [-0.4, -0.2) is 17.1 Å². The lowest BCUT2D eigenvalue weighted by atomic mass is 9.87. The summed E-state index contributed by atoms with van der Waals surface area (Å²) in [6.07, 6.45) is 6.26. The van der Waals surface area contributed by atoms with Crippen LogP contribution in [0.1, 0.15) is 50.6 Å². The molecule has 0 radical (unpaired) electrons. The number of thiazole rings is 1. The molecule has 1 atom stereocenters. The maximum atomic E-state index is 12.2. The van der Waals surface area contributed by atoms with E-state index in [1.54, 1.807) is 28.9 Å². The third kappa shape index (κ3) is 3.44. The van der Waals surface area contributed by atoms with E-state index in [4.69, 9.17) is 0 Å². The number of fused-ring (bicyclic) bond motifs is 1. The van der Waals surface area contributed by atoms with E-state index in [1.807, 2.05) is 18.4 Å². The Morgan fingerprint density at radius 2 is 2.45 bits per heavy atom. The van der Waals surface area contributed by atoms with Gasteiger partial charge >= 0.3 is 0 Å². The van der Waals surface area contributed by atoms with Gasteiger partial charge in [-0.1, -0.05) is 13.3 Å². The lowest BCUT2D eigenvalue weighted by Gasteiger charge is -2.19. The van der Waals surface area contributed by atoms with E-state index in [9.17, 15) is 4.79 Å². The summed E-state index contributed by atoms with van der Waals surface area (Å²) in [6, 6.07) is 2.04. The van der Waals surface area contributed by atoms with Crippen LogP contribution in [0.2, 0.25) is 0 Å². The second-order valence-electron chi connectivity index (χ2n) is 5.57. The third-order valence-electron chi connectivity index (χ3n) is 3.99. The molecule has 4 nitrogen and oxygen atoms in total. The molecule has 1 N–H and O–H groups in total. The van der Waals surface area contributed by atoms with Gasteiger partial charge in [0.2, 0.25) is 0 Å². The van der Waals surface area contributed by atoms with E-state index < -0.39 is 0 Å². The van der Waals surface area contributed by atoms with Gasteiger partial charge in [0.25, 0.3) is 5.91 Å². The summed E-state index contributed by atoms with van der Waals surface area (Å²) < 4.78 is 0. The van der Waals surface area contributed by atoms with Crippen molar-refractivity contribution in [3.8, 4) is 0 Å². The van der Waals surface area contributed by atoms with Crippen molar-refractivity contribution in [3.05, 3.63) is 37.5 Å². The van der Waals surface area contributed by atoms with Crippen LogP contribution in [0.3, 0.4) is 0 Å². The molecule has 0 fully saturated rings. The van der Waals surface area contributed by atoms with Crippen molar-refractivity contribution in [3.63, 3.8) is 0 Å². The van der Waals surface area contributed by atoms with Gasteiger partial charge in [0, 0.05) is 10.3 Å². The minimum Gasteiger partial charge on any atom is -0.266 e. The van der Waals surface area contributed by atoms with Crippen molar-refractivity contribution >= 4 is 34.8 Å². The van der Waals surface area contributed by atoms with Gasteiger partial charge in [-0.05, 0) is 43.7 Å². The number of nitrogens with one attached hydrogen (secondary N) is 1. The highest BCUT2D eigenvalue weighted by atomic mass is 32.1. The SMILES string of the molecule is CC[C@@H]1CCc2sc(C(=O)N/N=C\c3csc(C)n3)cc2C1. The van der Waals surface area contributed by atoms with Crippen molar-refractivity contribution in [2.75, 3.05) is 0 Å². The fourth-order valence-electron chi connectivity index (χ4n) is 2.71. The monoisotopic (exact) mass is 333 g/mol. The lowest BCUT2D eigenvalue weighted by molar-refractivity contribution is 0.0959. The zero-order chi connectivity index (χ0) is 15.5. The molecule has 0 saturated carbocycles. The van der Waals surface area contributed by atoms with E-state index in [-0.39, 0.29) is 5.91 Å².